The first kappa shape index (κ1) is 21.6. The molecule has 0 saturated heterocycles. The van der Waals surface area contributed by atoms with Crippen molar-refractivity contribution in [2.24, 2.45) is 0 Å². The van der Waals surface area contributed by atoms with Gasteiger partial charge in [-0.1, -0.05) is 42.5 Å². The summed E-state index contributed by atoms with van der Waals surface area (Å²) in [4.78, 5) is 15.6. The lowest BCUT2D eigenvalue weighted by Crippen LogP contribution is -2.05. The second-order valence-electron chi connectivity index (χ2n) is 8.88. The van der Waals surface area contributed by atoms with E-state index in [1.165, 1.54) is 34.1 Å². The van der Waals surface area contributed by atoms with E-state index in [-0.39, 0.29) is 6.10 Å². The summed E-state index contributed by atoms with van der Waals surface area (Å²) >= 11 is 3.49. The summed E-state index contributed by atoms with van der Waals surface area (Å²) in [6.07, 6.45) is 5.25. The molecule has 6 rings (SSSR count). The van der Waals surface area contributed by atoms with E-state index in [4.69, 9.17) is 14.7 Å². The van der Waals surface area contributed by atoms with E-state index in [1.54, 1.807) is 29.4 Å². The number of aryl methyl sites for hydroxylation is 1. The van der Waals surface area contributed by atoms with Crippen molar-refractivity contribution in [2.75, 3.05) is 0 Å². The smallest absolute Gasteiger partial charge is 0.127 e. The van der Waals surface area contributed by atoms with E-state index in [2.05, 4.69) is 47.4 Å². The molecule has 0 spiro atoms. The molecule has 1 aliphatic rings. The zero-order chi connectivity index (χ0) is 23.1. The number of hydrogen-bond donors (Lipinski definition) is 0. The summed E-state index contributed by atoms with van der Waals surface area (Å²) < 4.78 is 6.92. The van der Waals surface area contributed by atoms with Gasteiger partial charge in [-0.3, -0.25) is 0 Å². The van der Waals surface area contributed by atoms with E-state index in [9.17, 15) is 0 Å². The predicted octanol–water partition coefficient (Wildman–Crippen LogP) is 7.47. The van der Waals surface area contributed by atoms with Gasteiger partial charge in [0.1, 0.15) is 21.9 Å². The Morgan fingerprint density at radius 3 is 2.56 bits per heavy atom. The van der Waals surface area contributed by atoms with E-state index in [0.717, 1.165) is 50.1 Å². The summed E-state index contributed by atoms with van der Waals surface area (Å²) in [5.41, 5.74) is 7.48. The molecule has 34 heavy (non-hydrogen) atoms. The molecular weight excluding hydrogens is 458 g/mol. The fraction of sp³-hybridized carbons (Fsp3) is 0.250. The summed E-state index contributed by atoms with van der Waals surface area (Å²) in [5, 5.41) is 2.27. The van der Waals surface area contributed by atoms with Gasteiger partial charge in [0.25, 0.3) is 0 Å². The molecular formula is C28H25N3OS2. The standard InChI is InChI=1S/C28H25N3OS2/c1-17(2)32-20-13-11-18(12-14-20)15-33-28-26-25(29-16-30-28)23-21-9-6-10-22(21)24(31-27(23)34-26)19-7-4-3-5-8-19/h3-5,7-8,11-14,16-17H,6,9-10,15H2,1-2H3. The molecule has 4 nitrogen and oxygen atoms in total. The summed E-state index contributed by atoms with van der Waals surface area (Å²) in [6.45, 7) is 4.09. The SMILES string of the molecule is CC(C)Oc1ccc(CSc2ncnc3c2sc2nc(-c4ccccc4)c4c(c23)CCC4)cc1. The fourth-order valence-electron chi connectivity index (χ4n) is 4.70. The van der Waals surface area contributed by atoms with Crippen molar-refractivity contribution in [1.82, 2.24) is 15.0 Å². The van der Waals surface area contributed by atoms with Crippen LogP contribution in [0.4, 0.5) is 0 Å². The third-order valence-corrected chi connectivity index (χ3v) is 8.43. The molecule has 0 atom stereocenters. The summed E-state index contributed by atoms with van der Waals surface area (Å²) in [5.74, 6) is 1.76. The first-order valence-electron chi connectivity index (χ1n) is 11.7. The van der Waals surface area contributed by atoms with Crippen LogP contribution in [0.1, 0.15) is 37.0 Å². The zero-order valence-corrected chi connectivity index (χ0v) is 20.9. The number of hydrogen-bond acceptors (Lipinski definition) is 6. The molecule has 170 valence electrons. The number of benzene rings is 2. The van der Waals surface area contributed by atoms with Crippen LogP contribution in [0, 0.1) is 0 Å². The minimum atomic E-state index is 0.181. The van der Waals surface area contributed by atoms with Crippen molar-refractivity contribution < 1.29 is 4.74 Å². The quantitative estimate of drug-likeness (QED) is 0.185. The minimum Gasteiger partial charge on any atom is -0.491 e. The van der Waals surface area contributed by atoms with Gasteiger partial charge in [0, 0.05) is 16.7 Å². The Kier molecular flexibility index (Phi) is 5.71. The van der Waals surface area contributed by atoms with Crippen LogP contribution < -0.4 is 4.74 Å². The van der Waals surface area contributed by atoms with Gasteiger partial charge in [0.05, 0.1) is 22.0 Å². The molecule has 3 heterocycles. The van der Waals surface area contributed by atoms with E-state index >= 15 is 0 Å². The predicted molar refractivity (Wildman–Crippen MR) is 142 cm³/mol. The van der Waals surface area contributed by atoms with Gasteiger partial charge in [0.15, 0.2) is 0 Å². The largest absolute Gasteiger partial charge is 0.491 e. The Morgan fingerprint density at radius 2 is 1.76 bits per heavy atom. The third-order valence-electron chi connectivity index (χ3n) is 6.16. The average Bonchev–Trinajstić information content (AvgIpc) is 3.48. The number of fused-ring (bicyclic) bond motifs is 5. The number of ether oxygens (including phenoxy) is 1. The van der Waals surface area contributed by atoms with E-state index < -0.39 is 0 Å². The number of aromatic nitrogens is 3. The Balaban J connectivity index is 1.37. The molecule has 6 heteroatoms. The molecule has 2 aromatic carbocycles. The first-order chi connectivity index (χ1) is 16.7. The van der Waals surface area contributed by atoms with Crippen molar-refractivity contribution in [3.05, 3.63) is 77.6 Å². The lowest BCUT2D eigenvalue weighted by molar-refractivity contribution is 0.242. The number of nitrogens with zero attached hydrogens (tertiary/aromatic N) is 3. The van der Waals surface area contributed by atoms with Crippen LogP contribution in [0.5, 0.6) is 5.75 Å². The molecule has 3 aromatic heterocycles. The topological polar surface area (TPSA) is 47.9 Å². The molecule has 0 saturated carbocycles. The van der Waals surface area contributed by atoms with Crippen LogP contribution in [0.25, 0.3) is 31.7 Å². The normalized spacial score (nSPS) is 13.1. The van der Waals surface area contributed by atoms with Crippen LogP contribution in [0.15, 0.2) is 66.0 Å². The third kappa shape index (κ3) is 3.95. The second kappa shape index (κ2) is 9.01. The Hall–Kier alpha value is -2.96. The number of thiophene rings is 1. The van der Waals surface area contributed by atoms with Gasteiger partial charge in [-0.15, -0.1) is 23.1 Å². The first-order valence-corrected chi connectivity index (χ1v) is 13.5. The molecule has 0 bridgehead atoms. The lowest BCUT2D eigenvalue weighted by Gasteiger charge is -2.10. The van der Waals surface area contributed by atoms with E-state index in [0.29, 0.717) is 0 Å². The summed E-state index contributed by atoms with van der Waals surface area (Å²) in [6, 6.07) is 18.9. The highest BCUT2D eigenvalue weighted by atomic mass is 32.2. The molecule has 0 N–H and O–H groups in total. The second-order valence-corrected chi connectivity index (χ2v) is 10.8. The van der Waals surface area contributed by atoms with Crippen LogP contribution >= 0.6 is 23.1 Å². The highest BCUT2D eigenvalue weighted by Gasteiger charge is 2.25. The molecule has 0 fully saturated rings. The van der Waals surface area contributed by atoms with Crippen molar-refractivity contribution in [1.29, 1.82) is 0 Å². The highest BCUT2D eigenvalue weighted by molar-refractivity contribution is 7.98. The Labute approximate surface area is 207 Å². The van der Waals surface area contributed by atoms with Gasteiger partial charge in [-0.2, -0.15) is 0 Å². The Morgan fingerprint density at radius 1 is 0.971 bits per heavy atom. The zero-order valence-electron chi connectivity index (χ0n) is 19.2. The fourth-order valence-corrected chi connectivity index (χ4v) is 6.89. The molecule has 0 radical (unpaired) electrons. The van der Waals surface area contributed by atoms with Gasteiger partial charge >= 0.3 is 0 Å². The van der Waals surface area contributed by atoms with E-state index in [1.807, 2.05) is 26.0 Å². The van der Waals surface area contributed by atoms with Gasteiger partial charge in [0.2, 0.25) is 0 Å². The maximum absolute atomic E-state index is 5.77. The Bertz CT molecular complexity index is 1480. The van der Waals surface area contributed by atoms with Gasteiger partial charge < -0.3 is 4.74 Å². The molecule has 0 amide bonds. The summed E-state index contributed by atoms with van der Waals surface area (Å²) in [7, 11) is 0. The molecule has 1 aliphatic carbocycles. The number of rotatable bonds is 6. The molecule has 0 aliphatic heterocycles. The average molecular weight is 484 g/mol. The van der Waals surface area contributed by atoms with Crippen molar-refractivity contribution >= 4 is 43.5 Å². The van der Waals surface area contributed by atoms with Crippen molar-refractivity contribution in [3.8, 4) is 17.0 Å². The number of pyridine rings is 1. The molecule has 5 aromatic rings. The van der Waals surface area contributed by atoms with Crippen molar-refractivity contribution in [2.45, 2.75) is 50.0 Å². The van der Waals surface area contributed by atoms with Crippen LogP contribution in [-0.4, -0.2) is 21.1 Å². The van der Waals surface area contributed by atoms with Crippen LogP contribution in [0.3, 0.4) is 0 Å². The molecule has 0 unspecified atom stereocenters. The number of thioether (sulfide) groups is 1. The van der Waals surface area contributed by atoms with Gasteiger partial charge in [-0.05, 0) is 61.9 Å². The minimum absolute atomic E-state index is 0.181. The van der Waals surface area contributed by atoms with Crippen LogP contribution in [-0.2, 0) is 18.6 Å². The van der Waals surface area contributed by atoms with Gasteiger partial charge in [-0.25, -0.2) is 15.0 Å². The van der Waals surface area contributed by atoms with Crippen LogP contribution in [0.2, 0.25) is 0 Å². The highest BCUT2D eigenvalue weighted by Crippen LogP contribution is 2.44. The maximum atomic E-state index is 5.77. The monoisotopic (exact) mass is 483 g/mol. The lowest BCUT2D eigenvalue weighted by atomic mass is 10.0. The van der Waals surface area contributed by atoms with Crippen molar-refractivity contribution in [3.63, 3.8) is 0 Å². The maximum Gasteiger partial charge on any atom is 0.127 e.